The third kappa shape index (κ3) is 8.37. The number of nitrogens with one attached hydrogen (secondary N) is 2. The van der Waals surface area contributed by atoms with Crippen LogP contribution in [0.5, 0.6) is 17.2 Å². The van der Waals surface area contributed by atoms with Gasteiger partial charge < -0.3 is 29.7 Å². The van der Waals surface area contributed by atoms with Gasteiger partial charge >= 0.3 is 0 Å². The molecule has 2 rings (SSSR count). The van der Waals surface area contributed by atoms with Gasteiger partial charge in [0.1, 0.15) is 17.2 Å². The minimum atomic E-state index is 0. The number of likely N-dealkylation sites (tertiary alicyclic amines) is 1. The summed E-state index contributed by atoms with van der Waals surface area (Å²) in [6.07, 6.45) is 3.75. The maximum atomic E-state index is 5.52. The molecule has 1 saturated heterocycles. The van der Waals surface area contributed by atoms with Gasteiger partial charge in [-0.05, 0) is 51.7 Å². The second-order valence-electron chi connectivity index (χ2n) is 7.51. The van der Waals surface area contributed by atoms with Crippen molar-refractivity contribution in [3.8, 4) is 17.2 Å². The summed E-state index contributed by atoms with van der Waals surface area (Å²) in [6, 6.07) is 3.71. The second kappa shape index (κ2) is 14.6. The van der Waals surface area contributed by atoms with Crippen molar-refractivity contribution < 1.29 is 14.2 Å². The van der Waals surface area contributed by atoms with Gasteiger partial charge in [0.25, 0.3) is 0 Å². The van der Waals surface area contributed by atoms with Crippen LogP contribution in [0.25, 0.3) is 0 Å². The number of hydrogen-bond acceptors (Lipinski definition) is 5. The molecule has 0 unspecified atom stereocenters. The molecular formula is C22H39IN4O3. The van der Waals surface area contributed by atoms with Crippen LogP contribution < -0.4 is 24.8 Å². The molecule has 0 amide bonds. The number of guanidine groups is 1. The van der Waals surface area contributed by atoms with Crippen LogP contribution in [0.1, 0.15) is 38.7 Å². The molecular weight excluding hydrogens is 495 g/mol. The quantitative estimate of drug-likeness (QED) is 0.207. The summed E-state index contributed by atoms with van der Waals surface area (Å²) in [5, 5.41) is 6.76. The van der Waals surface area contributed by atoms with E-state index in [1.54, 1.807) is 21.3 Å². The van der Waals surface area contributed by atoms with Crippen molar-refractivity contribution in [3.63, 3.8) is 0 Å². The lowest BCUT2D eigenvalue weighted by Crippen LogP contribution is -2.39. The lowest BCUT2D eigenvalue weighted by molar-refractivity contribution is 0.191. The number of aliphatic imine (C=N–C) groups is 1. The molecule has 1 aromatic carbocycles. The van der Waals surface area contributed by atoms with Gasteiger partial charge in [0, 0.05) is 25.2 Å². The molecule has 1 aliphatic heterocycles. The highest BCUT2D eigenvalue weighted by atomic mass is 127. The van der Waals surface area contributed by atoms with E-state index in [0.717, 1.165) is 43.5 Å². The molecule has 172 valence electrons. The van der Waals surface area contributed by atoms with Gasteiger partial charge in [0.2, 0.25) is 0 Å². The maximum absolute atomic E-state index is 5.52. The Bertz CT molecular complexity index is 624. The highest BCUT2D eigenvalue weighted by molar-refractivity contribution is 14.0. The van der Waals surface area contributed by atoms with Crippen molar-refractivity contribution in [3.05, 3.63) is 17.7 Å². The summed E-state index contributed by atoms with van der Waals surface area (Å²) < 4.78 is 16.4. The molecule has 1 heterocycles. The number of piperidine rings is 1. The Labute approximate surface area is 199 Å². The van der Waals surface area contributed by atoms with Crippen molar-refractivity contribution in [1.82, 2.24) is 15.5 Å². The average Bonchev–Trinajstić information content (AvgIpc) is 2.75. The van der Waals surface area contributed by atoms with Gasteiger partial charge in [0.05, 0.1) is 33.4 Å². The largest absolute Gasteiger partial charge is 0.496 e. The average molecular weight is 534 g/mol. The maximum Gasteiger partial charge on any atom is 0.191 e. The van der Waals surface area contributed by atoms with Gasteiger partial charge in [0.15, 0.2) is 5.96 Å². The lowest BCUT2D eigenvalue weighted by atomic mass is 9.99. The zero-order valence-electron chi connectivity index (χ0n) is 19.1. The van der Waals surface area contributed by atoms with Crippen LogP contribution in [-0.4, -0.2) is 64.9 Å². The van der Waals surface area contributed by atoms with Crippen LogP contribution in [-0.2, 0) is 6.54 Å². The van der Waals surface area contributed by atoms with Gasteiger partial charge in [-0.2, -0.15) is 0 Å². The van der Waals surface area contributed by atoms with E-state index in [0.29, 0.717) is 23.8 Å². The highest BCUT2D eigenvalue weighted by Gasteiger charge is 2.15. The van der Waals surface area contributed by atoms with Crippen LogP contribution in [0.15, 0.2) is 17.1 Å². The van der Waals surface area contributed by atoms with Crippen molar-refractivity contribution >= 4 is 29.9 Å². The molecule has 0 bridgehead atoms. The summed E-state index contributed by atoms with van der Waals surface area (Å²) in [4.78, 5) is 7.30. The van der Waals surface area contributed by atoms with E-state index in [1.165, 1.54) is 25.9 Å². The minimum Gasteiger partial charge on any atom is -0.496 e. The van der Waals surface area contributed by atoms with E-state index in [2.05, 4.69) is 29.4 Å². The first-order chi connectivity index (χ1) is 14.1. The number of hydrogen-bond donors (Lipinski definition) is 2. The van der Waals surface area contributed by atoms with Crippen LogP contribution in [0.4, 0.5) is 0 Å². The fourth-order valence-corrected chi connectivity index (χ4v) is 3.53. The van der Waals surface area contributed by atoms with Crippen LogP contribution in [0.3, 0.4) is 0 Å². The Morgan fingerprint density at radius 1 is 1.07 bits per heavy atom. The monoisotopic (exact) mass is 534 g/mol. The second-order valence-corrected chi connectivity index (χ2v) is 7.51. The highest BCUT2D eigenvalue weighted by Crippen LogP contribution is 2.34. The summed E-state index contributed by atoms with van der Waals surface area (Å²) >= 11 is 0. The van der Waals surface area contributed by atoms with Gasteiger partial charge in [-0.1, -0.05) is 6.92 Å². The number of halogens is 1. The van der Waals surface area contributed by atoms with Crippen LogP contribution in [0.2, 0.25) is 0 Å². The first-order valence-electron chi connectivity index (χ1n) is 10.6. The van der Waals surface area contributed by atoms with Crippen molar-refractivity contribution in [2.75, 3.05) is 54.1 Å². The summed E-state index contributed by atoms with van der Waals surface area (Å²) in [5.41, 5.74) is 0.899. The van der Waals surface area contributed by atoms with Gasteiger partial charge in [-0.25, -0.2) is 4.99 Å². The Morgan fingerprint density at radius 3 is 2.23 bits per heavy atom. The predicted molar refractivity (Wildman–Crippen MR) is 134 cm³/mol. The summed E-state index contributed by atoms with van der Waals surface area (Å²) in [6.45, 7) is 10.2. The fraction of sp³-hybridized carbons (Fsp3) is 0.682. The number of benzene rings is 1. The molecule has 0 saturated carbocycles. The SMILES string of the molecule is CCNC(=NCc1c(OC)cc(OC)cc1OC)NCCCN1CCC(C)CC1.I. The molecule has 0 aromatic heterocycles. The van der Waals surface area contributed by atoms with E-state index >= 15 is 0 Å². The van der Waals surface area contributed by atoms with Crippen molar-refractivity contribution in [2.45, 2.75) is 39.7 Å². The zero-order valence-corrected chi connectivity index (χ0v) is 21.5. The third-order valence-electron chi connectivity index (χ3n) is 5.38. The first kappa shape index (κ1) is 26.6. The predicted octanol–water partition coefficient (Wildman–Crippen LogP) is 3.51. The molecule has 8 heteroatoms. The first-order valence-corrected chi connectivity index (χ1v) is 10.6. The number of methoxy groups -OCH3 is 3. The Morgan fingerprint density at radius 2 is 1.70 bits per heavy atom. The van der Waals surface area contributed by atoms with Gasteiger partial charge in [-0.15, -0.1) is 24.0 Å². The standard InChI is InChI=1S/C22H38N4O3.HI/c1-6-23-22(24-10-7-11-26-12-8-17(2)9-13-26)25-16-19-20(28-4)14-18(27-3)15-21(19)29-5;/h14-15,17H,6-13,16H2,1-5H3,(H2,23,24,25);1H. The normalized spacial score (nSPS) is 15.3. The Hall–Kier alpha value is -1.42. The molecule has 0 atom stereocenters. The van der Waals surface area contributed by atoms with Gasteiger partial charge in [-0.3, -0.25) is 0 Å². The number of ether oxygens (including phenoxy) is 3. The molecule has 7 nitrogen and oxygen atoms in total. The molecule has 0 radical (unpaired) electrons. The van der Waals surface area contributed by atoms with Crippen LogP contribution in [0, 0.1) is 5.92 Å². The molecule has 0 aliphatic carbocycles. The molecule has 0 spiro atoms. The molecule has 1 aliphatic rings. The number of rotatable bonds is 10. The van der Waals surface area contributed by atoms with E-state index in [-0.39, 0.29) is 24.0 Å². The Balaban J connectivity index is 0.00000450. The van der Waals surface area contributed by atoms with E-state index < -0.39 is 0 Å². The Kier molecular flexibility index (Phi) is 12.9. The summed E-state index contributed by atoms with van der Waals surface area (Å²) in [7, 11) is 4.92. The van der Waals surface area contributed by atoms with Crippen molar-refractivity contribution in [2.24, 2.45) is 10.9 Å². The van der Waals surface area contributed by atoms with E-state index in [4.69, 9.17) is 19.2 Å². The number of nitrogens with zero attached hydrogens (tertiary/aromatic N) is 2. The minimum absolute atomic E-state index is 0. The van der Waals surface area contributed by atoms with E-state index in [9.17, 15) is 0 Å². The molecule has 30 heavy (non-hydrogen) atoms. The lowest BCUT2D eigenvalue weighted by Gasteiger charge is -2.30. The topological polar surface area (TPSA) is 67.4 Å². The summed E-state index contributed by atoms with van der Waals surface area (Å²) in [5.74, 6) is 3.80. The van der Waals surface area contributed by atoms with E-state index in [1.807, 2.05) is 12.1 Å². The van der Waals surface area contributed by atoms with Crippen molar-refractivity contribution in [1.29, 1.82) is 0 Å². The smallest absolute Gasteiger partial charge is 0.191 e. The third-order valence-corrected chi connectivity index (χ3v) is 5.38. The molecule has 2 N–H and O–H groups in total. The fourth-order valence-electron chi connectivity index (χ4n) is 3.53. The molecule has 1 fully saturated rings. The van der Waals surface area contributed by atoms with Crippen LogP contribution >= 0.6 is 24.0 Å². The zero-order chi connectivity index (χ0) is 21.1. The molecule has 1 aromatic rings.